The van der Waals surface area contributed by atoms with Crippen LogP contribution in [0, 0.1) is 27.6 Å². The predicted molar refractivity (Wildman–Crippen MR) is 137 cm³/mol. The summed E-state index contributed by atoms with van der Waals surface area (Å²) in [5.41, 5.74) is -1.15. The molecule has 2 fully saturated rings. The van der Waals surface area contributed by atoms with Gasteiger partial charge in [0.05, 0.1) is 23.5 Å². The van der Waals surface area contributed by atoms with Crippen molar-refractivity contribution < 1.29 is 14.3 Å². The number of hydrogen-bond donors (Lipinski definition) is 0. The number of nitrogens with zero attached hydrogens (tertiary/aromatic N) is 3. The van der Waals surface area contributed by atoms with Gasteiger partial charge in [-0.3, -0.25) is 9.59 Å². The molecule has 0 aromatic rings. The lowest BCUT2D eigenvalue weighted by Gasteiger charge is -2.48. The zero-order chi connectivity index (χ0) is 25.0. The number of carbonyl (C=O) groups is 2. The summed E-state index contributed by atoms with van der Waals surface area (Å²) in [5, 5.41) is 9.69. The second kappa shape index (κ2) is 10.9. The van der Waals surface area contributed by atoms with Gasteiger partial charge in [0.25, 0.3) is 0 Å². The maximum absolute atomic E-state index is 12.9. The van der Waals surface area contributed by atoms with Gasteiger partial charge in [-0.2, -0.15) is 5.26 Å². The van der Waals surface area contributed by atoms with Crippen molar-refractivity contribution >= 4 is 40.2 Å². The van der Waals surface area contributed by atoms with Crippen LogP contribution in [0.15, 0.2) is 0 Å². The topological polar surface area (TPSA) is 73.6 Å². The van der Waals surface area contributed by atoms with Crippen molar-refractivity contribution in [3.05, 3.63) is 0 Å². The van der Waals surface area contributed by atoms with Gasteiger partial charge in [-0.1, -0.05) is 39.5 Å². The Morgan fingerprint density at radius 1 is 1.06 bits per heavy atom. The van der Waals surface area contributed by atoms with E-state index in [2.05, 4.69) is 33.8 Å². The first-order valence-electron chi connectivity index (χ1n) is 12.1. The maximum atomic E-state index is 12.9. The summed E-state index contributed by atoms with van der Waals surface area (Å²) in [6.07, 6.45) is 4.27. The summed E-state index contributed by atoms with van der Waals surface area (Å²) >= 11 is 6.88. The molecule has 2 aliphatic heterocycles. The van der Waals surface area contributed by atoms with Crippen molar-refractivity contribution in [2.24, 2.45) is 16.2 Å². The normalized spacial score (nSPS) is 19.6. The number of nitriles is 1. The van der Waals surface area contributed by atoms with Crippen LogP contribution in [0.2, 0.25) is 0 Å². The standard InChI is InChI=1S/C25H41N3O3S2/c1-8-31-22(32)33-21(28-14-10-12-20(28)30)16-23(2,3)18(27-13-9-11-19(27)29)15-24(4,5)25(6,7)17-26/h18,21H,8-16H2,1-7H3. The molecule has 2 amide bonds. The Morgan fingerprint density at radius 3 is 2.06 bits per heavy atom. The molecule has 2 rings (SSSR count). The van der Waals surface area contributed by atoms with Crippen LogP contribution in [0.25, 0.3) is 0 Å². The molecule has 6 nitrogen and oxygen atoms in total. The number of rotatable bonds is 10. The Morgan fingerprint density at radius 2 is 1.61 bits per heavy atom. The SMILES string of the molecule is CCOC(=S)SC(CC(C)(C)C(CC(C)(C)C(C)(C)C#N)N1CCCC1=O)N1CCCC1=O. The molecule has 2 aliphatic rings. The van der Waals surface area contributed by atoms with Crippen LogP contribution >= 0.6 is 24.0 Å². The van der Waals surface area contributed by atoms with Gasteiger partial charge in [-0.05, 0) is 69.5 Å². The lowest BCUT2D eigenvalue weighted by molar-refractivity contribution is -0.134. The van der Waals surface area contributed by atoms with Gasteiger partial charge >= 0.3 is 0 Å². The Labute approximate surface area is 209 Å². The Balaban J connectivity index is 2.38. The quantitative estimate of drug-likeness (QED) is 0.380. The van der Waals surface area contributed by atoms with E-state index in [0.29, 0.717) is 36.7 Å². The first kappa shape index (κ1) is 27.9. The van der Waals surface area contributed by atoms with Gasteiger partial charge < -0.3 is 14.5 Å². The molecule has 8 heteroatoms. The van der Waals surface area contributed by atoms with Gasteiger partial charge in [0.15, 0.2) is 0 Å². The molecule has 33 heavy (non-hydrogen) atoms. The summed E-state index contributed by atoms with van der Waals surface area (Å²) in [4.78, 5) is 29.5. The molecule has 0 radical (unpaired) electrons. The molecule has 2 atom stereocenters. The molecule has 2 saturated heterocycles. The molecular formula is C25H41N3O3S2. The minimum atomic E-state index is -0.542. The molecule has 0 spiro atoms. The van der Waals surface area contributed by atoms with Crippen LogP contribution < -0.4 is 0 Å². The van der Waals surface area contributed by atoms with Crippen LogP contribution in [0.5, 0.6) is 0 Å². The third-order valence-electron chi connectivity index (χ3n) is 7.72. The Kier molecular flexibility index (Phi) is 9.26. The van der Waals surface area contributed by atoms with Crippen molar-refractivity contribution in [1.29, 1.82) is 5.26 Å². The molecule has 0 aromatic heterocycles. The number of amides is 2. The van der Waals surface area contributed by atoms with E-state index in [-0.39, 0.29) is 34.1 Å². The molecule has 2 unspecified atom stereocenters. The highest BCUT2D eigenvalue weighted by molar-refractivity contribution is 8.23. The first-order chi connectivity index (χ1) is 15.3. The van der Waals surface area contributed by atoms with Gasteiger partial charge in [-0.15, -0.1) is 0 Å². The highest BCUT2D eigenvalue weighted by Crippen LogP contribution is 2.48. The van der Waals surface area contributed by atoms with Crippen LogP contribution in [-0.4, -0.2) is 57.1 Å². The second-order valence-corrected chi connectivity index (χ2v) is 13.0. The number of ether oxygens (including phenoxy) is 1. The minimum Gasteiger partial charge on any atom is -0.479 e. The third kappa shape index (κ3) is 6.63. The van der Waals surface area contributed by atoms with Crippen molar-refractivity contribution in [2.45, 2.75) is 98.4 Å². The highest BCUT2D eigenvalue weighted by Gasteiger charge is 2.47. The van der Waals surface area contributed by atoms with Gasteiger partial charge in [-0.25, -0.2) is 0 Å². The largest absolute Gasteiger partial charge is 0.479 e. The fraction of sp³-hybridized carbons (Fsp3) is 0.840. The van der Waals surface area contributed by atoms with E-state index < -0.39 is 5.41 Å². The Hall–Kier alpha value is -1.33. The highest BCUT2D eigenvalue weighted by atomic mass is 32.2. The fourth-order valence-corrected chi connectivity index (χ4v) is 6.46. The van der Waals surface area contributed by atoms with Crippen molar-refractivity contribution in [3.8, 4) is 6.07 Å². The van der Waals surface area contributed by atoms with Crippen molar-refractivity contribution in [1.82, 2.24) is 9.80 Å². The summed E-state index contributed by atoms with van der Waals surface area (Å²) in [6, 6.07) is 2.43. The van der Waals surface area contributed by atoms with E-state index >= 15 is 0 Å². The van der Waals surface area contributed by atoms with Crippen LogP contribution in [0.3, 0.4) is 0 Å². The lowest BCUT2D eigenvalue weighted by atomic mass is 9.62. The summed E-state index contributed by atoms with van der Waals surface area (Å²) in [5.74, 6) is 0.340. The van der Waals surface area contributed by atoms with E-state index in [1.54, 1.807) is 0 Å². The summed E-state index contributed by atoms with van der Waals surface area (Å²) in [7, 11) is 0. The molecule has 0 aromatic carbocycles. The molecule has 0 aliphatic carbocycles. The van der Waals surface area contributed by atoms with Gasteiger partial charge in [0.1, 0.15) is 0 Å². The number of hydrogen-bond acceptors (Lipinski definition) is 6. The van der Waals surface area contributed by atoms with Crippen molar-refractivity contribution in [2.75, 3.05) is 19.7 Å². The first-order valence-corrected chi connectivity index (χ1v) is 13.4. The Bertz CT molecular complexity index is 788. The maximum Gasteiger partial charge on any atom is 0.223 e. The van der Waals surface area contributed by atoms with E-state index in [0.717, 1.165) is 25.9 Å². The number of thiocarbonyl (C=S) groups is 1. The van der Waals surface area contributed by atoms with Crippen LogP contribution in [0.4, 0.5) is 0 Å². The lowest BCUT2D eigenvalue weighted by Crippen LogP contribution is -2.52. The number of likely N-dealkylation sites (tertiary alicyclic amines) is 2. The van der Waals surface area contributed by atoms with Crippen LogP contribution in [-0.2, 0) is 14.3 Å². The molecule has 0 N–H and O–H groups in total. The monoisotopic (exact) mass is 495 g/mol. The van der Waals surface area contributed by atoms with Crippen LogP contribution in [0.1, 0.15) is 87.0 Å². The average molecular weight is 496 g/mol. The molecular weight excluding hydrogens is 454 g/mol. The molecule has 0 saturated carbocycles. The molecule has 186 valence electrons. The summed E-state index contributed by atoms with van der Waals surface area (Å²) in [6.45, 7) is 16.5. The second-order valence-electron chi connectivity index (χ2n) is 11.2. The summed E-state index contributed by atoms with van der Waals surface area (Å²) < 4.78 is 6.01. The number of thioether (sulfide) groups is 1. The third-order valence-corrected chi connectivity index (χ3v) is 9.13. The average Bonchev–Trinajstić information content (AvgIpc) is 3.33. The molecule has 2 heterocycles. The predicted octanol–water partition coefficient (Wildman–Crippen LogP) is 5.36. The van der Waals surface area contributed by atoms with E-state index in [4.69, 9.17) is 17.0 Å². The fourth-order valence-electron chi connectivity index (χ4n) is 4.73. The van der Waals surface area contributed by atoms with E-state index in [1.165, 1.54) is 11.8 Å². The van der Waals surface area contributed by atoms with Crippen molar-refractivity contribution in [3.63, 3.8) is 0 Å². The zero-order valence-corrected chi connectivity index (χ0v) is 23.0. The minimum absolute atomic E-state index is 0.0448. The van der Waals surface area contributed by atoms with E-state index in [1.807, 2.05) is 30.6 Å². The van der Waals surface area contributed by atoms with Gasteiger partial charge in [0, 0.05) is 32.0 Å². The molecule has 0 bridgehead atoms. The number of carbonyl (C=O) groups excluding carboxylic acids is 2. The van der Waals surface area contributed by atoms with Gasteiger partial charge in [0.2, 0.25) is 16.2 Å². The smallest absolute Gasteiger partial charge is 0.223 e. The van der Waals surface area contributed by atoms with E-state index in [9.17, 15) is 14.9 Å². The zero-order valence-electron chi connectivity index (χ0n) is 21.4.